The number of carbonyl (C=O) groups excluding carboxylic acids is 1. The molecule has 0 amide bonds. The van der Waals surface area contributed by atoms with Crippen molar-refractivity contribution in [1.29, 1.82) is 0 Å². The summed E-state index contributed by atoms with van der Waals surface area (Å²) >= 11 is 0. The van der Waals surface area contributed by atoms with Crippen molar-refractivity contribution in [2.75, 3.05) is 58.6 Å². The normalized spacial score (nSPS) is 10.4. The fraction of sp³-hybridized carbons (Fsp3) is 0.500. The fourth-order valence-corrected chi connectivity index (χ4v) is 1.68. The lowest BCUT2D eigenvalue weighted by atomic mass is 10.3. The molecule has 7 nitrogen and oxygen atoms in total. The Bertz CT molecular complexity index is 520. The van der Waals surface area contributed by atoms with Crippen LogP contribution in [0.15, 0.2) is 36.4 Å². The SMILES string of the molecule is C=C(C)C(=O)OCCOCCOCCOCCOc1ccccc1N. The van der Waals surface area contributed by atoms with Crippen LogP contribution in [0.3, 0.4) is 0 Å². The molecule has 0 unspecified atom stereocenters. The van der Waals surface area contributed by atoms with Gasteiger partial charge in [0.15, 0.2) is 0 Å². The molecule has 25 heavy (non-hydrogen) atoms. The van der Waals surface area contributed by atoms with Gasteiger partial charge in [0, 0.05) is 5.57 Å². The Kier molecular flexibility index (Phi) is 11.1. The Labute approximate surface area is 148 Å². The Morgan fingerprint density at radius 3 is 2.00 bits per heavy atom. The zero-order valence-electron chi connectivity index (χ0n) is 14.7. The predicted molar refractivity (Wildman–Crippen MR) is 94.6 cm³/mol. The molecule has 0 saturated carbocycles. The maximum Gasteiger partial charge on any atom is 0.333 e. The number of carbonyl (C=O) groups is 1. The molecule has 7 heteroatoms. The van der Waals surface area contributed by atoms with Crippen LogP contribution in [0.2, 0.25) is 0 Å². The molecule has 0 aliphatic heterocycles. The number of nitrogen functional groups attached to an aromatic ring is 1. The van der Waals surface area contributed by atoms with E-state index in [0.29, 0.717) is 63.3 Å². The van der Waals surface area contributed by atoms with Crippen molar-refractivity contribution < 1.29 is 28.5 Å². The van der Waals surface area contributed by atoms with Gasteiger partial charge >= 0.3 is 5.97 Å². The van der Waals surface area contributed by atoms with E-state index in [0.717, 1.165) is 0 Å². The van der Waals surface area contributed by atoms with Crippen molar-refractivity contribution in [3.05, 3.63) is 36.4 Å². The molecule has 1 rings (SSSR count). The zero-order valence-corrected chi connectivity index (χ0v) is 14.7. The highest BCUT2D eigenvalue weighted by Gasteiger charge is 2.02. The van der Waals surface area contributed by atoms with Gasteiger partial charge in [0.1, 0.15) is 19.0 Å². The number of rotatable bonds is 14. The smallest absolute Gasteiger partial charge is 0.333 e. The monoisotopic (exact) mass is 353 g/mol. The molecule has 0 fully saturated rings. The van der Waals surface area contributed by atoms with Crippen molar-refractivity contribution in [1.82, 2.24) is 0 Å². The number of hydrogen-bond donors (Lipinski definition) is 1. The van der Waals surface area contributed by atoms with Gasteiger partial charge in [-0.25, -0.2) is 4.79 Å². The Hall–Kier alpha value is -2.09. The lowest BCUT2D eigenvalue weighted by molar-refractivity contribution is -0.140. The molecule has 0 bridgehead atoms. The van der Waals surface area contributed by atoms with Crippen LogP contribution >= 0.6 is 0 Å². The molecule has 1 aromatic rings. The summed E-state index contributed by atoms with van der Waals surface area (Å²) in [4.78, 5) is 11.1. The first-order chi connectivity index (χ1) is 12.1. The minimum atomic E-state index is -0.407. The maximum absolute atomic E-state index is 11.1. The van der Waals surface area contributed by atoms with Gasteiger partial charge in [0.25, 0.3) is 0 Å². The van der Waals surface area contributed by atoms with E-state index in [2.05, 4.69) is 6.58 Å². The third kappa shape index (κ3) is 10.4. The topological polar surface area (TPSA) is 89.2 Å². The van der Waals surface area contributed by atoms with E-state index in [-0.39, 0.29) is 6.61 Å². The van der Waals surface area contributed by atoms with E-state index in [9.17, 15) is 4.79 Å². The highest BCUT2D eigenvalue weighted by molar-refractivity contribution is 5.86. The maximum atomic E-state index is 11.1. The Morgan fingerprint density at radius 2 is 1.44 bits per heavy atom. The number of nitrogens with two attached hydrogens (primary N) is 1. The second-order valence-corrected chi connectivity index (χ2v) is 5.14. The van der Waals surface area contributed by atoms with Crippen molar-refractivity contribution in [3.63, 3.8) is 0 Å². The number of esters is 1. The van der Waals surface area contributed by atoms with Crippen LogP contribution in [-0.4, -0.2) is 58.8 Å². The van der Waals surface area contributed by atoms with Crippen LogP contribution in [-0.2, 0) is 23.7 Å². The molecule has 0 heterocycles. The van der Waals surface area contributed by atoms with E-state index < -0.39 is 5.97 Å². The van der Waals surface area contributed by atoms with Crippen molar-refractivity contribution in [2.24, 2.45) is 0 Å². The Balaban J connectivity index is 1.82. The van der Waals surface area contributed by atoms with Gasteiger partial charge in [-0.05, 0) is 19.1 Å². The quantitative estimate of drug-likeness (QED) is 0.236. The summed E-state index contributed by atoms with van der Waals surface area (Å²) in [5, 5.41) is 0. The third-order valence-corrected chi connectivity index (χ3v) is 2.96. The summed E-state index contributed by atoms with van der Waals surface area (Å²) in [5.41, 5.74) is 6.75. The molecule has 0 saturated heterocycles. The van der Waals surface area contributed by atoms with Gasteiger partial charge < -0.3 is 29.4 Å². The highest BCUT2D eigenvalue weighted by atomic mass is 16.6. The first-order valence-corrected chi connectivity index (χ1v) is 8.14. The minimum absolute atomic E-state index is 0.209. The van der Waals surface area contributed by atoms with Gasteiger partial charge in [-0.3, -0.25) is 0 Å². The fourth-order valence-electron chi connectivity index (χ4n) is 1.68. The summed E-state index contributed by atoms with van der Waals surface area (Å²) in [6.45, 7) is 8.36. The number of benzene rings is 1. The van der Waals surface area contributed by atoms with E-state index >= 15 is 0 Å². The average molecular weight is 353 g/mol. The summed E-state index contributed by atoms with van der Waals surface area (Å²) in [6, 6.07) is 7.33. The summed E-state index contributed by atoms with van der Waals surface area (Å²) in [7, 11) is 0. The first-order valence-electron chi connectivity index (χ1n) is 8.14. The molecular formula is C18H27NO6. The summed E-state index contributed by atoms with van der Waals surface area (Å²) in [5.74, 6) is 0.254. The molecule has 0 aliphatic carbocycles. The van der Waals surface area contributed by atoms with Crippen LogP contribution in [0.5, 0.6) is 5.75 Å². The van der Waals surface area contributed by atoms with E-state index in [1.54, 1.807) is 13.0 Å². The van der Waals surface area contributed by atoms with Crippen LogP contribution < -0.4 is 10.5 Å². The number of anilines is 1. The van der Waals surface area contributed by atoms with Crippen LogP contribution in [0.1, 0.15) is 6.92 Å². The average Bonchev–Trinajstić information content (AvgIpc) is 2.60. The van der Waals surface area contributed by atoms with E-state index in [1.165, 1.54) is 0 Å². The molecule has 0 aromatic heterocycles. The van der Waals surface area contributed by atoms with Gasteiger partial charge in [-0.1, -0.05) is 18.7 Å². The highest BCUT2D eigenvalue weighted by Crippen LogP contribution is 2.19. The molecule has 2 N–H and O–H groups in total. The van der Waals surface area contributed by atoms with E-state index in [4.69, 9.17) is 29.4 Å². The van der Waals surface area contributed by atoms with Crippen LogP contribution in [0.4, 0.5) is 5.69 Å². The lowest BCUT2D eigenvalue weighted by Crippen LogP contribution is -2.15. The zero-order chi connectivity index (χ0) is 18.3. The second-order valence-electron chi connectivity index (χ2n) is 5.14. The molecule has 1 aromatic carbocycles. The van der Waals surface area contributed by atoms with Crippen LogP contribution in [0, 0.1) is 0 Å². The lowest BCUT2D eigenvalue weighted by Gasteiger charge is -2.09. The largest absolute Gasteiger partial charge is 0.489 e. The van der Waals surface area contributed by atoms with E-state index in [1.807, 2.05) is 18.2 Å². The van der Waals surface area contributed by atoms with Crippen LogP contribution in [0.25, 0.3) is 0 Å². The summed E-state index contributed by atoms with van der Waals surface area (Å²) in [6.07, 6.45) is 0. The first kappa shape index (κ1) is 21.0. The molecule has 0 atom stereocenters. The van der Waals surface area contributed by atoms with Crippen molar-refractivity contribution >= 4 is 11.7 Å². The van der Waals surface area contributed by atoms with Gasteiger partial charge in [0.05, 0.1) is 45.3 Å². The molecular weight excluding hydrogens is 326 g/mol. The standard InChI is InChI=1S/C18H27NO6/c1-15(2)18(20)25-14-12-23-10-8-21-7-9-22-11-13-24-17-6-4-3-5-16(17)19/h3-6H,1,7-14,19H2,2H3. The minimum Gasteiger partial charge on any atom is -0.489 e. The molecule has 0 radical (unpaired) electrons. The van der Waals surface area contributed by atoms with Gasteiger partial charge in [-0.2, -0.15) is 0 Å². The predicted octanol–water partition coefficient (Wildman–Crippen LogP) is 1.82. The number of ether oxygens (including phenoxy) is 5. The number of para-hydroxylation sites is 2. The van der Waals surface area contributed by atoms with Gasteiger partial charge in [0.2, 0.25) is 0 Å². The molecule has 0 spiro atoms. The second kappa shape index (κ2) is 13.2. The van der Waals surface area contributed by atoms with Gasteiger partial charge in [-0.15, -0.1) is 0 Å². The summed E-state index contributed by atoms with van der Waals surface area (Å²) < 4.78 is 26.4. The third-order valence-electron chi connectivity index (χ3n) is 2.96. The van der Waals surface area contributed by atoms with Crippen molar-refractivity contribution in [3.8, 4) is 5.75 Å². The Morgan fingerprint density at radius 1 is 0.920 bits per heavy atom. The molecule has 0 aliphatic rings. The number of hydrogen-bond acceptors (Lipinski definition) is 7. The molecule has 140 valence electrons. The van der Waals surface area contributed by atoms with Crippen molar-refractivity contribution in [2.45, 2.75) is 6.92 Å².